The Morgan fingerprint density at radius 1 is 1.19 bits per heavy atom. The first-order valence-electron chi connectivity index (χ1n) is 11.3. The van der Waals surface area contributed by atoms with Crippen LogP contribution < -0.4 is 15.2 Å². The van der Waals surface area contributed by atoms with Crippen LogP contribution in [0.25, 0.3) is 0 Å². The molecular formula is C26H24Cl2INO6. The molecule has 36 heavy (non-hydrogen) atoms. The SMILES string of the molecule is CCOc1cc([C@H]2C(C(=O)OC)=C(N)OC3=C2C(=O)CCC3)cc(I)c1OCc1ccc(Cl)cc1Cl. The van der Waals surface area contributed by atoms with Gasteiger partial charge >= 0.3 is 5.97 Å². The number of carbonyl (C=O) groups is 2. The predicted molar refractivity (Wildman–Crippen MR) is 144 cm³/mol. The molecule has 1 aliphatic carbocycles. The van der Waals surface area contributed by atoms with E-state index in [2.05, 4.69) is 22.6 Å². The monoisotopic (exact) mass is 643 g/mol. The molecule has 1 heterocycles. The van der Waals surface area contributed by atoms with Crippen LogP contribution in [0.1, 0.15) is 43.2 Å². The molecule has 0 bridgehead atoms. The van der Waals surface area contributed by atoms with Crippen molar-refractivity contribution < 1.29 is 28.5 Å². The van der Waals surface area contributed by atoms with Crippen LogP contribution >= 0.6 is 45.8 Å². The van der Waals surface area contributed by atoms with Gasteiger partial charge in [-0.3, -0.25) is 4.79 Å². The fourth-order valence-corrected chi connectivity index (χ4v) is 5.59. The van der Waals surface area contributed by atoms with Crippen molar-refractivity contribution in [1.82, 2.24) is 0 Å². The molecule has 0 aromatic heterocycles. The average molecular weight is 644 g/mol. The molecule has 2 aromatic carbocycles. The second-order valence-electron chi connectivity index (χ2n) is 8.21. The van der Waals surface area contributed by atoms with Crippen LogP contribution in [0.5, 0.6) is 11.5 Å². The van der Waals surface area contributed by atoms with Crippen molar-refractivity contribution >= 4 is 57.5 Å². The number of benzene rings is 2. The van der Waals surface area contributed by atoms with E-state index in [-0.39, 0.29) is 23.8 Å². The third kappa shape index (κ3) is 5.31. The number of allylic oxidation sites excluding steroid dienone is 2. The smallest absolute Gasteiger partial charge is 0.340 e. The molecule has 4 rings (SSSR count). The molecule has 0 radical (unpaired) electrons. The van der Waals surface area contributed by atoms with Crippen LogP contribution in [0.15, 0.2) is 53.1 Å². The van der Waals surface area contributed by atoms with Gasteiger partial charge in [0.1, 0.15) is 17.9 Å². The summed E-state index contributed by atoms with van der Waals surface area (Å²) < 4.78 is 23.5. The topological polar surface area (TPSA) is 97.1 Å². The zero-order chi connectivity index (χ0) is 26.0. The maximum absolute atomic E-state index is 13.0. The standard InChI is InChI=1S/C26H24Cl2INO6/c1-3-34-20-10-14(9-17(29)24(20)35-12-13-7-8-15(27)11-16(13)28)21-22-18(31)5-4-6-19(22)36-25(30)23(21)26(32)33-2/h7-11,21H,3-6,12,30H2,1-2H3/t21-/m1/s1. The van der Waals surface area contributed by atoms with Crippen LogP contribution in [-0.4, -0.2) is 25.5 Å². The van der Waals surface area contributed by atoms with Gasteiger partial charge in [-0.2, -0.15) is 0 Å². The Bertz CT molecular complexity index is 1290. The fourth-order valence-electron chi connectivity index (χ4n) is 4.34. The van der Waals surface area contributed by atoms with Gasteiger partial charge < -0.3 is 24.7 Å². The summed E-state index contributed by atoms with van der Waals surface area (Å²) in [7, 11) is 1.26. The number of halogens is 3. The van der Waals surface area contributed by atoms with Crippen LogP contribution in [0.4, 0.5) is 0 Å². The Morgan fingerprint density at radius 2 is 1.97 bits per heavy atom. The van der Waals surface area contributed by atoms with E-state index < -0.39 is 11.9 Å². The summed E-state index contributed by atoms with van der Waals surface area (Å²) in [5.41, 5.74) is 8.09. The van der Waals surface area contributed by atoms with Crippen LogP contribution in [0.3, 0.4) is 0 Å². The highest BCUT2D eigenvalue weighted by atomic mass is 127. The molecule has 0 saturated carbocycles. The van der Waals surface area contributed by atoms with Crippen molar-refractivity contribution in [2.75, 3.05) is 13.7 Å². The Balaban J connectivity index is 1.78. The Kier molecular flexibility index (Phi) is 8.37. The number of carbonyl (C=O) groups excluding carboxylic acids is 2. The molecule has 190 valence electrons. The van der Waals surface area contributed by atoms with Crippen molar-refractivity contribution in [2.24, 2.45) is 5.73 Å². The van der Waals surface area contributed by atoms with Crippen molar-refractivity contribution in [3.05, 3.63) is 77.9 Å². The van der Waals surface area contributed by atoms with Gasteiger partial charge in [-0.05, 0) is 65.8 Å². The van der Waals surface area contributed by atoms with E-state index in [1.54, 1.807) is 24.3 Å². The molecule has 0 amide bonds. The van der Waals surface area contributed by atoms with Crippen LogP contribution in [0.2, 0.25) is 10.0 Å². The zero-order valence-corrected chi connectivity index (χ0v) is 23.3. The number of rotatable bonds is 7. The van der Waals surface area contributed by atoms with E-state index in [4.69, 9.17) is 47.9 Å². The first kappa shape index (κ1) is 26.6. The summed E-state index contributed by atoms with van der Waals surface area (Å²) in [6, 6.07) is 8.81. The van der Waals surface area contributed by atoms with Gasteiger partial charge in [-0.15, -0.1) is 0 Å². The first-order chi connectivity index (χ1) is 17.2. The van der Waals surface area contributed by atoms with Gasteiger partial charge in [0.05, 0.1) is 23.2 Å². The lowest BCUT2D eigenvalue weighted by Gasteiger charge is -2.32. The van der Waals surface area contributed by atoms with E-state index in [1.165, 1.54) is 7.11 Å². The summed E-state index contributed by atoms with van der Waals surface area (Å²) in [6.07, 6.45) is 1.59. The van der Waals surface area contributed by atoms with E-state index >= 15 is 0 Å². The van der Waals surface area contributed by atoms with E-state index in [1.807, 2.05) is 13.0 Å². The number of hydrogen-bond donors (Lipinski definition) is 1. The maximum atomic E-state index is 13.0. The summed E-state index contributed by atoms with van der Waals surface area (Å²) in [5.74, 6) is -0.0855. The van der Waals surface area contributed by atoms with Gasteiger partial charge in [0.2, 0.25) is 5.88 Å². The molecule has 0 spiro atoms. The van der Waals surface area contributed by atoms with Crippen molar-refractivity contribution in [3.8, 4) is 11.5 Å². The van der Waals surface area contributed by atoms with Gasteiger partial charge in [-0.25, -0.2) is 4.79 Å². The third-order valence-electron chi connectivity index (χ3n) is 5.94. The highest BCUT2D eigenvalue weighted by Gasteiger charge is 2.41. The molecule has 0 saturated heterocycles. The molecule has 0 fully saturated rings. The quantitative estimate of drug-likeness (QED) is 0.290. The van der Waals surface area contributed by atoms with Gasteiger partial charge in [0.25, 0.3) is 0 Å². The van der Waals surface area contributed by atoms with Crippen molar-refractivity contribution in [3.63, 3.8) is 0 Å². The van der Waals surface area contributed by atoms with E-state index in [0.717, 1.165) is 9.13 Å². The highest BCUT2D eigenvalue weighted by Crippen LogP contribution is 2.47. The zero-order valence-electron chi connectivity index (χ0n) is 19.7. The number of ether oxygens (including phenoxy) is 4. The molecule has 1 atom stereocenters. The Labute approximate surface area is 232 Å². The second kappa shape index (κ2) is 11.3. The van der Waals surface area contributed by atoms with Gasteiger partial charge in [-0.1, -0.05) is 29.3 Å². The molecule has 2 aliphatic rings. The fraction of sp³-hybridized carbons (Fsp3) is 0.308. The highest BCUT2D eigenvalue weighted by molar-refractivity contribution is 14.1. The largest absolute Gasteiger partial charge is 0.490 e. The molecule has 7 nitrogen and oxygen atoms in total. The molecule has 0 unspecified atom stereocenters. The summed E-state index contributed by atoms with van der Waals surface area (Å²) in [5, 5.41) is 1.03. The minimum absolute atomic E-state index is 0.0639. The minimum Gasteiger partial charge on any atom is -0.490 e. The Morgan fingerprint density at radius 3 is 2.67 bits per heavy atom. The number of nitrogens with two attached hydrogens (primary N) is 1. The molecule has 10 heteroatoms. The molecule has 1 aliphatic heterocycles. The minimum atomic E-state index is -0.749. The number of esters is 1. The van der Waals surface area contributed by atoms with Crippen molar-refractivity contribution in [1.29, 1.82) is 0 Å². The molecule has 2 aromatic rings. The lowest BCUT2D eigenvalue weighted by Crippen LogP contribution is -2.31. The third-order valence-corrected chi connectivity index (χ3v) is 7.33. The van der Waals surface area contributed by atoms with Gasteiger partial charge in [0, 0.05) is 34.0 Å². The number of hydrogen-bond acceptors (Lipinski definition) is 7. The summed E-state index contributed by atoms with van der Waals surface area (Å²) in [4.78, 5) is 25.8. The van der Waals surface area contributed by atoms with E-state index in [0.29, 0.717) is 64.3 Å². The molecular weight excluding hydrogens is 620 g/mol. The Hall–Kier alpha value is -2.43. The number of Topliss-reactive ketones (excluding diaryl/α,β-unsaturated/α-hetero) is 1. The molecule has 2 N–H and O–H groups in total. The van der Waals surface area contributed by atoms with Gasteiger partial charge in [0.15, 0.2) is 17.3 Å². The van der Waals surface area contributed by atoms with Crippen LogP contribution in [0, 0.1) is 3.57 Å². The number of methoxy groups -OCH3 is 1. The predicted octanol–water partition coefficient (Wildman–Crippen LogP) is 6.04. The summed E-state index contributed by atoms with van der Waals surface area (Å²) in [6.45, 7) is 2.42. The average Bonchev–Trinajstić information content (AvgIpc) is 2.83. The van der Waals surface area contributed by atoms with Crippen LogP contribution in [-0.2, 0) is 25.7 Å². The first-order valence-corrected chi connectivity index (χ1v) is 13.1. The summed E-state index contributed by atoms with van der Waals surface area (Å²) >= 11 is 14.5. The van der Waals surface area contributed by atoms with Crippen molar-refractivity contribution in [2.45, 2.75) is 38.7 Å². The van der Waals surface area contributed by atoms with E-state index in [9.17, 15) is 9.59 Å². The maximum Gasteiger partial charge on any atom is 0.340 e. The second-order valence-corrected chi connectivity index (χ2v) is 10.2. The lowest BCUT2D eigenvalue weighted by molar-refractivity contribution is -0.136. The number of ketones is 1. The normalized spacial score (nSPS) is 17.5. The lowest BCUT2D eigenvalue weighted by atomic mass is 9.77.